The molecule has 1 saturated heterocycles. The third-order valence-electron chi connectivity index (χ3n) is 4.68. The Hall–Kier alpha value is -2.67. The van der Waals surface area contributed by atoms with E-state index in [4.69, 9.17) is 4.74 Å². The van der Waals surface area contributed by atoms with Gasteiger partial charge in [-0.1, -0.05) is 0 Å². The van der Waals surface area contributed by atoms with Crippen LogP contribution in [0.25, 0.3) is 0 Å². The summed E-state index contributed by atoms with van der Waals surface area (Å²) >= 11 is 0. The molecule has 0 bridgehead atoms. The zero-order chi connectivity index (χ0) is 18.4. The lowest BCUT2D eigenvalue weighted by molar-refractivity contribution is -0.914. The van der Waals surface area contributed by atoms with Crippen molar-refractivity contribution in [1.29, 1.82) is 0 Å². The molecule has 138 valence electrons. The average Bonchev–Trinajstić information content (AvgIpc) is 2.70. The first-order chi connectivity index (χ1) is 12.7. The second kappa shape index (κ2) is 8.62. The summed E-state index contributed by atoms with van der Waals surface area (Å²) in [5.41, 5.74) is 0.793. The van der Waals surface area contributed by atoms with Crippen molar-refractivity contribution >= 4 is 17.5 Å². The molecule has 3 rings (SSSR count). The molecule has 0 radical (unpaired) electrons. The smallest absolute Gasteiger partial charge is 0.282 e. The van der Waals surface area contributed by atoms with Gasteiger partial charge in [-0.05, 0) is 44.2 Å². The second-order valence-electron chi connectivity index (χ2n) is 6.36. The largest absolute Gasteiger partial charge is 0.494 e. The fraction of sp³-hybridized carbons (Fsp3) is 0.421. The number of piperazine rings is 1. The fourth-order valence-corrected chi connectivity index (χ4v) is 3.12. The molecule has 0 saturated carbocycles. The summed E-state index contributed by atoms with van der Waals surface area (Å²) in [4.78, 5) is 24.6. The Morgan fingerprint density at radius 2 is 1.88 bits per heavy atom. The SMILES string of the molecule is CCOc1ccc(NC(=O)[C@@H](C)[NH+]2CCN(c3ncccn3)CC2)cc1. The third-order valence-corrected chi connectivity index (χ3v) is 4.68. The van der Waals surface area contributed by atoms with Crippen LogP contribution in [0, 0.1) is 0 Å². The Kier molecular flexibility index (Phi) is 6.01. The van der Waals surface area contributed by atoms with E-state index in [1.54, 1.807) is 12.4 Å². The fourth-order valence-electron chi connectivity index (χ4n) is 3.12. The standard InChI is InChI=1S/C19H25N5O2/c1-3-26-17-7-5-16(6-8-17)22-18(25)15(2)23-11-13-24(14-12-23)19-20-9-4-10-21-19/h4-10,15H,3,11-14H2,1-2H3,(H,22,25)/p+1/t15-/m1/s1. The Bertz CT molecular complexity index is 700. The Morgan fingerprint density at radius 3 is 2.50 bits per heavy atom. The van der Waals surface area contributed by atoms with Crippen molar-refractivity contribution in [3.05, 3.63) is 42.7 Å². The molecule has 0 unspecified atom stereocenters. The van der Waals surface area contributed by atoms with Gasteiger partial charge in [-0.2, -0.15) is 0 Å². The van der Waals surface area contributed by atoms with Crippen LogP contribution in [0.1, 0.15) is 13.8 Å². The van der Waals surface area contributed by atoms with Gasteiger partial charge in [0.2, 0.25) is 5.95 Å². The van der Waals surface area contributed by atoms with Crippen LogP contribution in [0.3, 0.4) is 0 Å². The Balaban J connectivity index is 1.51. The quantitative estimate of drug-likeness (QED) is 0.793. The predicted octanol–water partition coefficient (Wildman–Crippen LogP) is 0.607. The minimum absolute atomic E-state index is 0.0357. The van der Waals surface area contributed by atoms with Crippen molar-refractivity contribution in [2.75, 3.05) is 43.0 Å². The highest BCUT2D eigenvalue weighted by atomic mass is 16.5. The zero-order valence-corrected chi connectivity index (χ0v) is 15.3. The van der Waals surface area contributed by atoms with E-state index < -0.39 is 0 Å². The summed E-state index contributed by atoms with van der Waals surface area (Å²) in [6, 6.07) is 9.19. The summed E-state index contributed by atoms with van der Waals surface area (Å²) in [6.07, 6.45) is 3.52. The number of benzene rings is 1. The van der Waals surface area contributed by atoms with Crippen LogP contribution in [0.15, 0.2) is 42.7 Å². The molecule has 1 aliphatic rings. The van der Waals surface area contributed by atoms with Gasteiger partial charge in [-0.25, -0.2) is 9.97 Å². The number of hydrogen-bond acceptors (Lipinski definition) is 5. The maximum Gasteiger partial charge on any atom is 0.282 e. The predicted molar refractivity (Wildman–Crippen MR) is 101 cm³/mol. The molecule has 0 spiro atoms. The van der Waals surface area contributed by atoms with Crippen LogP contribution in [-0.4, -0.2) is 54.7 Å². The van der Waals surface area contributed by atoms with Gasteiger partial charge in [0.15, 0.2) is 6.04 Å². The third kappa shape index (κ3) is 4.49. The van der Waals surface area contributed by atoms with Crippen LogP contribution in [0.2, 0.25) is 0 Å². The highest BCUT2D eigenvalue weighted by Gasteiger charge is 2.29. The number of nitrogens with one attached hydrogen (secondary N) is 2. The first-order valence-electron chi connectivity index (χ1n) is 9.07. The minimum atomic E-state index is -0.111. The van der Waals surface area contributed by atoms with Crippen molar-refractivity contribution in [1.82, 2.24) is 9.97 Å². The van der Waals surface area contributed by atoms with Crippen molar-refractivity contribution in [2.24, 2.45) is 0 Å². The molecule has 1 aromatic carbocycles. The molecule has 2 heterocycles. The molecule has 7 nitrogen and oxygen atoms in total. The number of aromatic nitrogens is 2. The number of hydrogen-bond donors (Lipinski definition) is 2. The summed E-state index contributed by atoms with van der Waals surface area (Å²) in [6.45, 7) is 8.02. The number of nitrogens with zero attached hydrogens (tertiary/aromatic N) is 3. The van der Waals surface area contributed by atoms with Crippen molar-refractivity contribution < 1.29 is 14.4 Å². The second-order valence-corrected chi connectivity index (χ2v) is 6.36. The summed E-state index contributed by atoms with van der Waals surface area (Å²) < 4.78 is 5.42. The first-order valence-corrected chi connectivity index (χ1v) is 9.07. The normalized spacial score (nSPS) is 16.2. The van der Waals surface area contributed by atoms with Crippen LogP contribution in [-0.2, 0) is 4.79 Å². The van der Waals surface area contributed by atoms with Gasteiger partial charge in [0.05, 0.1) is 32.8 Å². The van der Waals surface area contributed by atoms with E-state index in [9.17, 15) is 4.79 Å². The van der Waals surface area contributed by atoms with E-state index in [-0.39, 0.29) is 11.9 Å². The Morgan fingerprint density at radius 1 is 1.23 bits per heavy atom. The highest BCUT2D eigenvalue weighted by molar-refractivity contribution is 5.93. The molecule has 0 aliphatic carbocycles. The Labute approximate surface area is 154 Å². The van der Waals surface area contributed by atoms with Gasteiger partial charge in [-0.3, -0.25) is 4.79 Å². The van der Waals surface area contributed by atoms with Gasteiger partial charge < -0.3 is 19.9 Å². The zero-order valence-electron chi connectivity index (χ0n) is 15.3. The maximum absolute atomic E-state index is 12.6. The maximum atomic E-state index is 12.6. The molecule has 1 fully saturated rings. The number of amides is 1. The lowest BCUT2D eigenvalue weighted by atomic mass is 10.2. The van der Waals surface area contributed by atoms with E-state index in [0.29, 0.717) is 6.61 Å². The molecule has 1 atom stereocenters. The number of ether oxygens (including phenoxy) is 1. The summed E-state index contributed by atoms with van der Waals surface area (Å²) in [5, 5.41) is 3.00. The molecule has 1 aromatic heterocycles. The van der Waals surface area contributed by atoms with E-state index in [1.165, 1.54) is 4.90 Å². The molecule has 26 heavy (non-hydrogen) atoms. The number of carbonyl (C=O) groups excluding carboxylic acids is 1. The van der Waals surface area contributed by atoms with Crippen LogP contribution in [0.5, 0.6) is 5.75 Å². The number of anilines is 2. The summed E-state index contributed by atoms with van der Waals surface area (Å²) in [5.74, 6) is 1.61. The lowest BCUT2D eigenvalue weighted by Crippen LogP contribution is -3.19. The average molecular weight is 356 g/mol. The molecule has 2 aromatic rings. The minimum Gasteiger partial charge on any atom is -0.494 e. The summed E-state index contributed by atoms with van der Waals surface area (Å²) in [7, 11) is 0. The monoisotopic (exact) mass is 356 g/mol. The molecule has 1 aliphatic heterocycles. The van der Waals surface area contributed by atoms with Crippen molar-refractivity contribution in [3.63, 3.8) is 0 Å². The number of rotatable bonds is 6. The first kappa shape index (κ1) is 18.1. The van der Waals surface area contributed by atoms with Gasteiger partial charge in [0, 0.05) is 18.1 Å². The van der Waals surface area contributed by atoms with Crippen LogP contribution < -0.4 is 19.9 Å². The van der Waals surface area contributed by atoms with E-state index in [0.717, 1.165) is 43.6 Å². The molecule has 7 heteroatoms. The van der Waals surface area contributed by atoms with Crippen molar-refractivity contribution in [3.8, 4) is 5.75 Å². The van der Waals surface area contributed by atoms with Gasteiger partial charge >= 0.3 is 0 Å². The van der Waals surface area contributed by atoms with Crippen LogP contribution in [0.4, 0.5) is 11.6 Å². The lowest BCUT2D eigenvalue weighted by Gasteiger charge is -2.34. The molecular formula is C19H26N5O2+. The van der Waals surface area contributed by atoms with E-state index in [1.807, 2.05) is 44.2 Å². The number of quaternary nitrogens is 1. The van der Waals surface area contributed by atoms with Gasteiger partial charge in [-0.15, -0.1) is 0 Å². The molecule has 1 amide bonds. The van der Waals surface area contributed by atoms with E-state index in [2.05, 4.69) is 20.2 Å². The van der Waals surface area contributed by atoms with Gasteiger partial charge in [0.1, 0.15) is 5.75 Å². The topological polar surface area (TPSA) is 71.8 Å². The molecule has 2 N–H and O–H groups in total. The van der Waals surface area contributed by atoms with Gasteiger partial charge in [0.25, 0.3) is 5.91 Å². The van der Waals surface area contributed by atoms with Crippen molar-refractivity contribution in [2.45, 2.75) is 19.9 Å². The van der Waals surface area contributed by atoms with E-state index >= 15 is 0 Å². The molecular weight excluding hydrogens is 330 g/mol. The van der Waals surface area contributed by atoms with Crippen LogP contribution >= 0.6 is 0 Å². The highest BCUT2D eigenvalue weighted by Crippen LogP contribution is 2.15. The number of carbonyl (C=O) groups is 1.